The summed E-state index contributed by atoms with van der Waals surface area (Å²) in [7, 11) is 1.73. The zero-order chi connectivity index (χ0) is 13.7. The molecule has 0 aliphatic heterocycles. The van der Waals surface area contributed by atoms with Crippen molar-refractivity contribution in [1.29, 1.82) is 0 Å². The molecule has 0 bridgehead atoms. The molecule has 0 saturated carbocycles. The number of rotatable bonds is 5. The Morgan fingerprint density at radius 2 is 2.06 bits per heavy atom. The van der Waals surface area contributed by atoms with E-state index in [1.54, 1.807) is 7.11 Å². The summed E-state index contributed by atoms with van der Waals surface area (Å²) in [5.74, 6) is 1.48. The van der Waals surface area contributed by atoms with Gasteiger partial charge in [-0.05, 0) is 55.4 Å². The van der Waals surface area contributed by atoms with Gasteiger partial charge in [0.15, 0.2) is 0 Å². The average molecular weight is 267 g/mol. The Labute approximate surface area is 116 Å². The summed E-state index contributed by atoms with van der Waals surface area (Å²) in [4.78, 5) is 0. The Kier molecular flexibility index (Phi) is 5.74. The van der Waals surface area contributed by atoms with Crippen LogP contribution in [0.4, 0.5) is 0 Å². The molecular weight excluding hydrogens is 244 g/mol. The Morgan fingerprint density at radius 3 is 2.61 bits per heavy atom. The number of hydrogen-bond acceptors (Lipinski definition) is 1. The first kappa shape index (κ1) is 15.1. The maximum Gasteiger partial charge on any atom is 0.125 e. The molecule has 18 heavy (non-hydrogen) atoms. The van der Waals surface area contributed by atoms with E-state index >= 15 is 0 Å². The largest absolute Gasteiger partial charge is 0.496 e. The molecule has 1 aromatic carbocycles. The van der Waals surface area contributed by atoms with E-state index in [2.05, 4.69) is 32.9 Å². The first-order valence-corrected chi connectivity index (χ1v) is 6.88. The number of methoxy groups -OCH3 is 1. The van der Waals surface area contributed by atoms with Crippen LogP contribution in [-0.4, -0.2) is 7.11 Å². The standard InChI is InChI=1S/C16H23ClO/c1-6-7-8-11(2)9-14-13(4)15(17)10-12(3)16(14)18-5/h7-8,10-11H,6,9H2,1-5H3/b8-7-. The summed E-state index contributed by atoms with van der Waals surface area (Å²) in [5.41, 5.74) is 3.47. The van der Waals surface area contributed by atoms with Gasteiger partial charge in [0.05, 0.1) is 7.11 Å². The minimum absolute atomic E-state index is 0.496. The Bertz CT molecular complexity index is 435. The molecule has 0 aromatic heterocycles. The zero-order valence-electron chi connectivity index (χ0n) is 12.0. The molecule has 0 saturated heterocycles. The molecule has 1 rings (SSSR count). The van der Waals surface area contributed by atoms with Gasteiger partial charge in [-0.1, -0.05) is 37.6 Å². The van der Waals surface area contributed by atoms with Gasteiger partial charge in [-0.3, -0.25) is 0 Å². The predicted octanol–water partition coefficient (Wildman–Crippen LogP) is 5.11. The van der Waals surface area contributed by atoms with Crippen LogP contribution in [0.1, 0.15) is 37.0 Å². The van der Waals surface area contributed by atoms with E-state index in [0.29, 0.717) is 5.92 Å². The van der Waals surface area contributed by atoms with Gasteiger partial charge in [0.25, 0.3) is 0 Å². The van der Waals surface area contributed by atoms with Crippen molar-refractivity contribution in [2.24, 2.45) is 5.92 Å². The van der Waals surface area contributed by atoms with E-state index in [9.17, 15) is 0 Å². The van der Waals surface area contributed by atoms with E-state index in [-0.39, 0.29) is 0 Å². The Balaban J connectivity index is 3.10. The summed E-state index contributed by atoms with van der Waals surface area (Å²) < 4.78 is 5.53. The molecule has 100 valence electrons. The van der Waals surface area contributed by atoms with E-state index < -0.39 is 0 Å². The van der Waals surface area contributed by atoms with Gasteiger partial charge in [-0.2, -0.15) is 0 Å². The van der Waals surface area contributed by atoms with Crippen LogP contribution in [0.25, 0.3) is 0 Å². The number of ether oxygens (including phenoxy) is 1. The fraction of sp³-hybridized carbons (Fsp3) is 0.500. The average Bonchev–Trinajstić information content (AvgIpc) is 2.33. The van der Waals surface area contributed by atoms with Crippen LogP contribution in [0, 0.1) is 19.8 Å². The molecule has 0 fully saturated rings. The first-order valence-electron chi connectivity index (χ1n) is 6.50. The normalized spacial score (nSPS) is 13.0. The highest BCUT2D eigenvalue weighted by molar-refractivity contribution is 6.31. The second kappa shape index (κ2) is 6.84. The number of halogens is 1. The van der Waals surface area contributed by atoms with Crippen molar-refractivity contribution >= 4 is 11.6 Å². The summed E-state index contributed by atoms with van der Waals surface area (Å²) in [6.45, 7) is 8.48. The van der Waals surface area contributed by atoms with Crippen LogP contribution in [0.2, 0.25) is 5.02 Å². The third-order valence-electron chi connectivity index (χ3n) is 3.22. The van der Waals surface area contributed by atoms with Gasteiger partial charge in [-0.25, -0.2) is 0 Å². The molecule has 1 nitrogen and oxygen atoms in total. The van der Waals surface area contributed by atoms with Crippen LogP contribution < -0.4 is 4.74 Å². The zero-order valence-corrected chi connectivity index (χ0v) is 12.8. The summed E-state index contributed by atoms with van der Waals surface area (Å²) in [5, 5.41) is 0.829. The van der Waals surface area contributed by atoms with Gasteiger partial charge < -0.3 is 4.74 Å². The molecule has 1 unspecified atom stereocenters. The van der Waals surface area contributed by atoms with Gasteiger partial charge >= 0.3 is 0 Å². The molecule has 0 radical (unpaired) electrons. The van der Waals surface area contributed by atoms with Gasteiger partial charge in [-0.15, -0.1) is 0 Å². The molecule has 0 spiro atoms. The fourth-order valence-electron chi connectivity index (χ4n) is 2.20. The van der Waals surface area contributed by atoms with E-state index in [1.807, 2.05) is 13.0 Å². The maximum absolute atomic E-state index is 6.26. The Hall–Kier alpha value is -0.950. The second-order valence-corrected chi connectivity index (χ2v) is 5.24. The predicted molar refractivity (Wildman–Crippen MR) is 79.8 cm³/mol. The summed E-state index contributed by atoms with van der Waals surface area (Å²) in [6.07, 6.45) is 6.51. The highest BCUT2D eigenvalue weighted by Gasteiger charge is 2.14. The molecule has 0 amide bonds. The number of aryl methyl sites for hydroxylation is 1. The molecule has 0 N–H and O–H groups in total. The SMILES string of the molecule is CC/C=C\C(C)Cc1c(C)c(Cl)cc(C)c1OC. The second-order valence-electron chi connectivity index (χ2n) is 4.83. The minimum atomic E-state index is 0.496. The van der Waals surface area contributed by atoms with E-state index in [0.717, 1.165) is 34.7 Å². The van der Waals surface area contributed by atoms with Crippen LogP contribution in [0.3, 0.4) is 0 Å². The third kappa shape index (κ3) is 3.52. The van der Waals surface area contributed by atoms with Gasteiger partial charge in [0, 0.05) is 5.02 Å². The number of allylic oxidation sites excluding steroid dienone is 2. The van der Waals surface area contributed by atoms with Gasteiger partial charge in [0.1, 0.15) is 5.75 Å². The molecule has 1 atom stereocenters. The molecule has 0 aliphatic carbocycles. The minimum Gasteiger partial charge on any atom is -0.496 e. The Morgan fingerprint density at radius 1 is 1.39 bits per heavy atom. The maximum atomic E-state index is 6.26. The highest BCUT2D eigenvalue weighted by atomic mass is 35.5. The smallest absolute Gasteiger partial charge is 0.125 e. The number of benzene rings is 1. The monoisotopic (exact) mass is 266 g/mol. The van der Waals surface area contributed by atoms with Crippen molar-refractivity contribution in [1.82, 2.24) is 0 Å². The van der Waals surface area contributed by atoms with Crippen molar-refractivity contribution in [3.05, 3.63) is 39.9 Å². The summed E-state index contributed by atoms with van der Waals surface area (Å²) in [6, 6.07) is 1.98. The van der Waals surface area contributed by atoms with Crippen molar-refractivity contribution < 1.29 is 4.74 Å². The van der Waals surface area contributed by atoms with Crippen LogP contribution in [-0.2, 0) is 6.42 Å². The van der Waals surface area contributed by atoms with E-state index in [4.69, 9.17) is 16.3 Å². The van der Waals surface area contributed by atoms with Crippen LogP contribution in [0.15, 0.2) is 18.2 Å². The van der Waals surface area contributed by atoms with Crippen LogP contribution in [0.5, 0.6) is 5.75 Å². The summed E-state index contributed by atoms with van der Waals surface area (Å²) >= 11 is 6.26. The fourth-order valence-corrected chi connectivity index (χ4v) is 2.48. The number of hydrogen-bond donors (Lipinski definition) is 0. The lowest BCUT2D eigenvalue weighted by atomic mass is 9.94. The topological polar surface area (TPSA) is 9.23 Å². The highest BCUT2D eigenvalue weighted by Crippen LogP contribution is 2.33. The van der Waals surface area contributed by atoms with Crippen molar-refractivity contribution in [3.63, 3.8) is 0 Å². The third-order valence-corrected chi connectivity index (χ3v) is 3.61. The molecule has 1 aromatic rings. The quantitative estimate of drug-likeness (QED) is 0.673. The van der Waals surface area contributed by atoms with Crippen molar-refractivity contribution in [3.8, 4) is 5.75 Å². The molecule has 2 heteroatoms. The molecule has 0 heterocycles. The van der Waals surface area contributed by atoms with Crippen molar-refractivity contribution in [2.75, 3.05) is 7.11 Å². The molecular formula is C16H23ClO. The van der Waals surface area contributed by atoms with E-state index in [1.165, 1.54) is 5.56 Å². The lowest BCUT2D eigenvalue weighted by Gasteiger charge is -2.17. The lowest BCUT2D eigenvalue weighted by molar-refractivity contribution is 0.404. The van der Waals surface area contributed by atoms with Gasteiger partial charge in [0.2, 0.25) is 0 Å². The lowest BCUT2D eigenvalue weighted by Crippen LogP contribution is -2.03. The van der Waals surface area contributed by atoms with Crippen molar-refractivity contribution in [2.45, 2.75) is 40.5 Å². The van der Waals surface area contributed by atoms with Crippen LogP contribution >= 0.6 is 11.6 Å². The molecule has 0 aliphatic rings. The first-order chi connectivity index (χ1) is 8.51.